The molecule has 5 heteroatoms. The van der Waals surface area contributed by atoms with Gasteiger partial charge < -0.3 is 15.0 Å². The molecule has 0 saturated carbocycles. The van der Waals surface area contributed by atoms with Crippen LogP contribution in [0.15, 0.2) is 0 Å². The molecule has 0 spiro atoms. The van der Waals surface area contributed by atoms with Crippen molar-refractivity contribution in [2.75, 3.05) is 19.8 Å². The van der Waals surface area contributed by atoms with Crippen LogP contribution in [0, 0.1) is 11.8 Å². The molecule has 1 N–H and O–H groups in total. The summed E-state index contributed by atoms with van der Waals surface area (Å²) in [6.07, 6.45) is 3.30. The Morgan fingerprint density at radius 2 is 2.00 bits per heavy atom. The molecule has 3 unspecified atom stereocenters. The molecule has 0 aromatic carbocycles. The molecular formula is C16H28N2O3. The van der Waals surface area contributed by atoms with E-state index in [0.717, 1.165) is 39.0 Å². The molecule has 0 aromatic heterocycles. The Bertz CT molecular complexity index is 380. The van der Waals surface area contributed by atoms with Crippen molar-refractivity contribution in [3.63, 3.8) is 0 Å². The van der Waals surface area contributed by atoms with E-state index >= 15 is 0 Å². The van der Waals surface area contributed by atoms with E-state index in [4.69, 9.17) is 4.74 Å². The third-order valence-corrected chi connectivity index (χ3v) is 4.89. The highest BCUT2D eigenvalue weighted by Crippen LogP contribution is 2.22. The maximum Gasteiger partial charge on any atom is 0.245 e. The van der Waals surface area contributed by atoms with Crippen molar-refractivity contribution < 1.29 is 14.3 Å². The Morgan fingerprint density at radius 3 is 2.62 bits per heavy atom. The summed E-state index contributed by atoms with van der Waals surface area (Å²) in [7, 11) is 0. The lowest BCUT2D eigenvalue weighted by atomic mass is 9.95. The Balaban J connectivity index is 2.11. The van der Waals surface area contributed by atoms with Crippen LogP contribution in [-0.2, 0) is 14.3 Å². The summed E-state index contributed by atoms with van der Waals surface area (Å²) >= 11 is 0. The highest BCUT2D eigenvalue weighted by atomic mass is 16.5. The van der Waals surface area contributed by atoms with Crippen molar-refractivity contribution >= 4 is 11.8 Å². The highest BCUT2D eigenvalue weighted by molar-refractivity contribution is 5.90. The van der Waals surface area contributed by atoms with Crippen molar-refractivity contribution in [2.24, 2.45) is 11.8 Å². The standard InChI is InChI=1S/C16H28N2O3/c1-4-11(2)15-16(20)18(12(3)9-14(19)17-15)10-13-5-7-21-8-6-13/h11-13,15H,4-10H2,1-3H3,(H,17,19). The van der Waals surface area contributed by atoms with E-state index in [-0.39, 0.29) is 29.8 Å². The minimum atomic E-state index is -0.368. The molecule has 3 atom stereocenters. The van der Waals surface area contributed by atoms with Gasteiger partial charge in [0, 0.05) is 32.2 Å². The molecule has 0 aromatic rings. The molecule has 2 fully saturated rings. The molecule has 2 saturated heterocycles. The van der Waals surface area contributed by atoms with Gasteiger partial charge in [-0.05, 0) is 31.6 Å². The van der Waals surface area contributed by atoms with Crippen LogP contribution < -0.4 is 5.32 Å². The van der Waals surface area contributed by atoms with Gasteiger partial charge in [-0.2, -0.15) is 0 Å². The minimum Gasteiger partial charge on any atom is -0.381 e. The number of nitrogens with one attached hydrogen (secondary N) is 1. The summed E-state index contributed by atoms with van der Waals surface area (Å²) in [4.78, 5) is 26.8. The second kappa shape index (κ2) is 7.25. The summed E-state index contributed by atoms with van der Waals surface area (Å²) in [5, 5.41) is 2.92. The summed E-state index contributed by atoms with van der Waals surface area (Å²) in [6, 6.07) is -0.387. The zero-order valence-corrected chi connectivity index (χ0v) is 13.4. The number of hydrogen-bond acceptors (Lipinski definition) is 3. The normalized spacial score (nSPS) is 30.0. The van der Waals surface area contributed by atoms with Crippen molar-refractivity contribution in [2.45, 2.75) is 58.5 Å². The Morgan fingerprint density at radius 1 is 1.33 bits per heavy atom. The number of nitrogens with zero attached hydrogens (tertiary/aromatic N) is 1. The molecular weight excluding hydrogens is 268 g/mol. The van der Waals surface area contributed by atoms with E-state index in [2.05, 4.69) is 12.2 Å². The van der Waals surface area contributed by atoms with Crippen molar-refractivity contribution in [1.82, 2.24) is 10.2 Å². The van der Waals surface area contributed by atoms with Gasteiger partial charge >= 0.3 is 0 Å². The molecule has 5 nitrogen and oxygen atoms in total. The van der Waals surface area contributed by atoms with Crippen LogP contribution in [-0.4, -0.2) is 48.6 Å². The minimum absolute atomic E-state index is 0.00405. The molecule has 2 aliphatic rings. The number of carbonyl (C=O) groups excluding carboxylic acids is 2. The quantitative estimate of drug-likeness (QED) is 0.856. The van der Waals surface area contributed by atoms with E-state index in [0.29, 0.717) is 12.3 Å². The van der Waals surface area contributed by atoms with Crippen molar-refractivity contribution in [3.8, 4) is 0 Å². The second-order valence-corrected chi connectivity index (χ2v) is 6.53. The number of hydrogen-bond donors (Lipinski definition) is 1. The van der Waals surface area contributed by atoms with E-state index in [1.54, 1.807) is 0 Å². The lowest BCUT2D eigenvalue weighted by Crippen LogP contribution is -2.51. The van der Waals surface area contributed by atoms with Gasteiger partial charge in [-0.3, -0.25) is 9.59 Å². The molecule has 2 amide bonds. The largest absolute Gasteiger partial charge is 0.381 e. The first kappa shape index (κ1) is 16.3. The van der Waals surface area contributed by atoms with Gasteiger partial charge in [0.15, 0.2) is 0 Å². The van der Waals surface area contributed by atoms with Gasteiger partial charge in [-0.15, -0.1) is 0 Å². The fraction of sp³-hybridized carbons (Fsp3) is 0.875. The van der Waals surface area contributed by atoms with E-state index in [1.807, 2.05) is 18.7 Å². The highest BCUT2D eigenvalue weighted by Gasteiger charge is 2.37. The van der Waals surface area contributed by atoms with Crippen molar-refractivity contribution in [3.05, 3.63) is 0 Å². The number of ether oxygens (including phenoxy) is 1. The zero-order valence-electron chi connectivity index (χ0n) is 13.4. The van der Waals surface area contributed by atoms with Crippen LogP contribution in [0.4, 0.5) is 0 Å². The Hall–Kier alpha value is -1.10. The summed E-state index contributed by atoms with van der Waals surface area (Å²) in [6.45, 7) is 8.40. The van der Waals surface area contributed by atoms with Gasteiger partial charge in [0.2, 0.25) is 11.8 Å². The van der Waals surface area contributed by atoms with Crippen LogP contribution in [0.5, 0.6) is 0 Å². The number of carbonyl (C=O) groups is 2. The Kier molecular flexibility index (Phi) is 5.62. The predicted octanol–water partition coefficient (Wildman–Crippen LogP) is 1.56. The first-order valence-electron chi connectivity index (χ1n) is 8.20. The predicted molar refractivity (Wildman–Crippen MR) is 80.7 cm³/mol. The summed E-state index contributed by atoms with van der Waals surface area (Å²) < 4.78 is 5.39. The summed E-state index contributed by atoms with van der Waals surface area (Å²) in [5.41, 5.74) is 0. The molecule has 0 aliphatic carbocycles. The number of amides is 2. The van der Waals surface area contributed by atoms with Crippen molar-refractivity contribution in [1.29, 1.82) is 0 Å². The first-order valence-corrected chi connectivity index (χ1v) is 8.20. The fourth-order valence-electron chi connectivity index (χ4n) is 3.17. The van der Waals surface area contributed by atoms with Gasteiger partial charge in [-0.25, -0.2) is 0 Å². The molecule has 0 radical (unpaired) electrons. The maximum absolute atomic E-state index is 12.9. The monoisotopic (exact) mass is 296 g/mol. The van der Waals surface area contributed by atoms with Crippen LogP contribution in [0.2, 0.25) is 0 Å². The smallest absolute Gasteiger partial charge is 0.245 e. The lowest BCUT2D eigenvalue weighted by molar-refractivity contribution is -0.137. The molecule has 2 aliphatic heterocycles. The van der Waals surface area contributed by atoms with Crippen LogP contribution in [0.1, 0.15) is 46.5 Å². The Labute approximate surface area is 127 Å². The van der Waals surface area contributed by atoms with Crippen LogP contribution in [0.25, 0.3) is 0 Å². The van der Waals surface area contributed by atoms with Gasteiger partial charge in [-0.1, -0.05) is 20.3 Å². The maximum atomic E-state index is 12.9. The molecule has 2 heterocycles. The van der Waals surface area contributed by atoms with Gasteiger partial charge in [0.1, 0.15) is 6.04 Å². The molecule has 21 heavy (non-hydrogen) atoms. The fourth-order valence-corrected chi connectivity index (χ4v) is 3.17. The van der Waals surface area contributed by atoms with E-state index in [1.165, 1.54) is 0 Å². The molecule has 120 valence electrons. The SMILES string of the molecule is CCC(C)C1NC(=O)CC(C)N(CC2CCOCC2)C1=O. The molecule has 2 rings (SSSR count). The second-order valence-electron chi connectivity index (χ2n) is 6.53. The number of rotatable bonds is 4. The van der Waals surface area contributed by atoms with Gasteiger partial charge in [0.05, 0.1) is 0 Å². The third-order valence-electron chi connectivity index (χ3n) is 4.89. The van der Waals surface area contributed by atoms with Crippen LogP contribution in [0.3, 0.4) is 0 Å². The van der Waals surface area contributed by atoms with E-state index in [9.17, 15) is 9.59 Å². The average Bonchev–Trinajstić information content (AvgIpc) is 2.58. The summed E-state index contributed by atoms with van der Waals surface area (Å²) in [5.74, 6) is 0.754. The average molecular weight is 296 g/mol. The van der Waals surface area contributed by atoms with E-state index < -0.39 is 0 Å². The topological polar surface area (TPSA) is 58.6 Å². The molecule has 0 bridgehead atoms. The van der Waals surface area contributed by atoms with Gasteiger partial charge in [0.25, 0.3) is 0 Å². The zero-order chi connectivity index (χ0) is 15.4. The lowest BCUT2D eigenvalue weighted by Gasteiger charge is -2.34. The first-order chi connectivity index (χ1) is 10.0. The third kappa shape index (κ3) is 3.96. The van der Waals surface area contributed by atoms with Crippen LogP contribution >= 0.6 is 0 Å².